The number of nitrogens with zero attached hydrogens (tertiary/aromatic N) is 3. The molecule has 0 aliphatic heterocycles. The highest BCUT2D eigenvalue weighted by atomic mass is 16.3. The third kappa shape index (κ3) is 2.32. The fourth-order valence-electron chi connectivity index (χ4n) is 2.77. The quantitative estimate of drug-likeness (QED) is 0.590. The number of anilines is 3. The summed E-state index contributed by atoms with van der Waals surface area (Å²) in [6.45, 7) is 0. The highest BCUT2D eigenvalue weighted by molar-refractivity contribution is 5.94. The fraction of sp³-hybridized carbons (Fsp3) is 0.167. The third-order valence-electron chi connectivity index (χ3n) is 4.14. The number of fused-ring (bicyclic) bond motifs is 2. The first kappa shape index (κ1) is 13.3. The van der Waals surface area contributed by atoms with E-state index in [4.69, 9.17) is 4.42 Å². The van der Waals surface area contributed by atoms with Crippen molar-refractivity contribution in [2.75, 3.05) is 10.6 Å². The van der Waals surface area contributed by atoms with Crippen LogP contribution in [0.4, 0.5) is 17.5 Å². The summed E-state index contributed by atoms with van der Waals surface area (Å²) in [5.41, 5.74) is 2.36. The topological polar surface area (TPSA) is 75.9 Å². The maximum absolute atomic E-state index is 5.53. The molecule has 5 rings (SSSR count). The summed E-state index contributed by atoms with van der Waals surface area (Å²) in [4.78, 5) is 13.4. The first-order chi connectivity index (χ1) is 11.9. The van der Waals surface area contributed by atoms with Crippen molar-refractivity contribution in [3.63, 3.8) is 0 Å². The molecule has 118 valence electrons. The molecule has 6 nitrogen and oxygen atoms in total. The molecule has 1 fully saturated rings. The fourth-order valence-corrected chi connectivity index (χ4v) is 2.77. The summed E-state index contributed by atoms with van der Waals surface area (Å²) >= 11 is 0. The van der Waals surface area contributed by atoms with Crippen LogP contribution < -0.4 is 10.6 Å². The van der Waals surface area contributed by atoms with Crippen molar-refractivity contribution in [3.8, 4) is 0 Å². The van der Waals surface area contributed by atoms with Gasteiger partial charge in [-0.1, -0.05) is 24.3 Å². The van der Waals surface area contributed by atoms with Gasteiger partial charge < -0.3 is 15.1 Å². The Hall–Kier alpha value is -3.15. The van der Waals surface area contributed by atoms with Crippen molar-refractivity contribution in [2.24, 2.45) is 0 Å². The van der Waals surface area contributed by atoms with Gasteiger partial charge in [0, 0.05) is 29.1 Å². The minimum Gasteiger partial charge on any atom is -0.459 e. The lowest BCUT2D eigenvalue weighted by Crippen LogP contribution is -2.06. The third-order valence-corrected chi connectivity index (χ3v) is 4.14. The van der Waals surface area contributed by atoms with Gasteiger partial charge in [-0.05, 0) is 12.8 Å². The number of aromatic nitrogens is 3. The summed E-state index contributed by atoms with van der Waals surface area (Å²) in [5.74, 6) is 1.27. The van der Waals surface area contributed by atoms with E-state index in [2.05, 4.69) is 31.7 Å². The minimum absolute atomic E-state index is 0.486. The molecule has 0 amide bonds. The zero-order valence-corrected chi connectivity index (χ0v) is 12.9. The molecule has 6 heteroatoms. The van der Waals surface area contributed by atoms with E-state index in [1.165, 1.54) is 12.8 Å². The minimum atomic E-state index is 0.486. The summed E-state index contributed by atoms with van der Waals surface area (Å²) < 4.78 is 5.53. The van der Waals surface area contributed by atoms with Gasteiger partial charge in [0.25, 0.3) is 0 Å². The van der Waals surface area contributed by atoms with Crippen molar-refractivity contribution >= 4 is 39.3 Å². The van der Waals surface area contributed by atoms with E-state index in [1.807, 2.05) is 30.5 Å². The van der Waals surface area contributed by atoms with Gasteiger partial charge in [0.15, 0.2) is 11.4 Å². The molecule has 1 aromatic carbocycles. The number of hydrogen-bond donors (Lipinski definition) is 2. The van der Waals surface area contributed by atoms with Gasteiger partial charge in [0.2, 0.25) is 5.95 Å². The van der Waals surface area contributed by atoms with Gasteiger partial charge in [0.1, 0.15) is 5.52 Å². The number of pyridine rings is 1. The second kappa shape index (κ2) is 5.19. The molecule has 0 atom stereocenters. The molecular weight excluding hydrogens is 302 g/mol. The smallest absolute Gasteiger partial charge is 0.230 e. The highest BCUT2D eigenvalue weighted by Gasteiger charge is 2.23. The first-order valence-electron chi connectivity index (χ1n) is 7.98. The van der Waals surface area contributed by atoms with Crippen LogP contribution in [0.5, 0.6) is 0 Å². The molecule has 4 aromatic rings. The van der Waals surface area contributed by atoms with Crippen molar-refractivity contribution in [1.29, 1.82) is 0 Å². The van der Waals surface area contributed by atoms with Crippen LogP contribution >= 0.6 is 0 Å². The van der Waals surface area contributed by atoms with Crippen LogP contribution in [0.2, 0.25) is 0 Å². The highest BCUT2D eigenvalue weighted by Crippen LogP contribution is 2.30. The van der Waals surface area contributed by atoms with E-state index < -0.39 is 0 Å². The van der Waals surface area contributed by atoms with E-state index in [0.29, 0.717) is 17.6 Å². The standard InChI is InChI=1S/C18H15N5O/c1-2-4-13-11(3-1)9-19-10-15(13)22-18-21-14-7-8-24-16(14)17(23-18)20-12-5-6-12/h1-4,7-10,12H,5-6H2,(H2,20,21,22,23). The lowest BCUT2D eigenvalue weighted by atomic mass is 10.1. The number of rotatable bonds is 4. The Morgan fingerprint density at radius 1 is 1.04 bits per heavy atom. The maximum atomic E-state index is 5.53. The number of furan rings is 1. The molecule has 1 saturated carbocycles. The van der Waals surface area contributed by atoms with Crippen LogP contribution in [0.1, 0.15) is 12.8 Å². The predicted molar refractivity (Wildman–Crippen MR) is 93.5 cm³/mol. The zero-order chi connectivity index (χ0) is 15.9. The average Bonchev–Trinajstić information content (AvgIpc) is 3.29. The van der Waals surface area contributed by atoms with Crippen molar-refractivity contribution in [2.45, 2.75) is 18.9 Å². The second-order valence-electron chi connectivity index (χ2n) is 5.98. The molecule has 1 aliphatic rings. The summed E-state index contributed by atoms with van der Waals surface area (Å²) in [6.07, 6.45) is 7.62. The van der Waals surface area contributed by atoms with E-state index in [0.717, 1.165) is 27.8 Å². The average molecular weight is 317 g/mol. The van der Waals surface area contributed by atoms with Gasteiger partial charge in [-0.15, -0.1) is 0 Å². The van der Waals surface area contributed by atoms with E-state index >= 15 is 0 Å². The van der Waals surface area contributed by atoms with Crippen molar-refractivity contribution < 1.29 is 4.42 Å². The molecule has 0 unspecified atom stereocenters. The van der Waals surface area contributed by atoms with Crippen LogP contribution in [0.25, 0.3) is 21.9 Å². The van der Waals surface area contributed by atoms with Crippen molar-refractivity contribution in [1.82, 2.24) is 15.0 Å². The molecule has 0 spiro atoms. The lowest BCUT2D eigenvalue weighted by molar-refractivity contribution is 0.614. The predicted octanol–water partition coefficient (Wildman–Crippen LogP) is 4.09. The molecule has 2 N–H and O–H groups in total. The SMILES string of the molecule is c1ccc2c(Nc3nc(NC4CC4)c4occc4n3)cncc2c1. The van der Waals surface area contributed by atoms with Crippen molar-refractivity contribution in [3.05, 3.63) is 49.0 Å². The molecule has 0 saturated heterocycles. The number of benzene rings is 1. The van der Waals surface area contributed by atoms with E-state index in [-0.39, 0.29) is 0 Å². The Kier molecular flexibility index (Phi) is 2.88. The number of nitrogens with one attached hydrogen (secondary N) is 2. The first-order valence-corrected chi connectivity index (χ1v) is 7.98. The largest absolute Gasteiger partial charge is 0.459 e. The Bertz CT molecular complexity index is 1030. The van der Waals surface area contributed by atoms with Crippen LogP contribution in [-0.2, 0) is 0 Å². The monoisotopic (exact) mass is 317 g/mol. The Morgan fingerprint density at radius 3 is 2.88 bits per heavy atom. The summed E-state index contributed by atoms with van der Waals surface area (Å²) in [7, 11) is 0. The number of hydrogen-bond acceptors (Lipinski definition) is 6. The van der Waals surface area contributed by atoms with Crippen LogP contribution in [0, 0.1) is 0 Å². The van der Waals surface area contributed by atoms with Crippen LogP contribution in [0.15, 0.2) is 53.4 Å². The Labute approximate surface area is 137 Å². The Balaban J connectivity index is 1.58. The van der Waals surface area contributed by atoms with Crippen LogP contribution in [0.3, 0.4) is 0 Å². The summed E-state index contributed by atoms with van der Waals surface area (Å²) in [6, 6.07) is 10.4. The molecule has 24 heavy (non-hydrogen) atoms. The molecule has 3 aromatic heterocycles. The van der Waals surface area contributed by atoms with E-state index in [9.17, 15) is 0 Å². The normalized spacial score (nSPS) is 14.2. The molecule has 1 aliphatic carbocycles. The molecular formula is C18H15N5O. The van der Waals surface area contributed by atoms with Gasteiger partial charge in [-0.3, -0.25) is 4.98 Å². The lowest BCUT2D eigenvalue weighted by Gasteiger charge is -2.10. The van der Waals surface area contributed by atoms with Gasteiger partial charge in [-0.25, -0.2) is 4.98 Å². The van der Waals surface area contributed by atoms with Gasteiger partial charge >= 0.3 is 0 Å². The zero-order valence-electron chi connectivity index (χ0n) is 12.9. The van der Waals surface area contributed by atoms with Gasteiger partial charge in [0.05, 0.1) is 18.1 Å². The second-order valence-corrected chi connectivity index (χ2v) is 5.98. The van der Waals surface area contributed by atoms with Crippen LogP contribution in [-0.4, -0.2) is 21.0 Å². The maximum Gasteiger partial charge on any atom is 0.230 e. The Morgan fingerprint density at radius 2 is 1.96 bits per heavy atom. The molecule has 3 heterocycles. The van der Waals surface area contributed by atoms with Gasteiger partial charge in [-0.2, -0.15) is 4.98 Å². The molecule has 0 bridgehead atoms. The van der Waals surface area contributed by atoms with E-state index in [1.54, 1.807) is 12.5 Å². The molecule has 0 radical (unpaired) electrons. The summed E-state index contributed by atoms with van der Waals surface area (Å²) in [5, 5.41) is 8.86.